The molecule has 7 heteroatoms. The molecule has 0 aliphatic heterocycles. The third-order valence-corrected chi connectivity index (χ3v) is 6.21. The third kappa shape index (κ3) is 4.63. The van der Waals surface area contributed by atoms with Crippen molar-refractivity contribution in [3.63, 3.8) is 0 Å². The molecule has 1 aliphatic carbocycles. The van der Waals surface area contributed by atoms with Gasteiger partial charge in [-0.25, -0.2) is 13.2 Å². The quantitative estimate of drug-likeness (QED) is 0.276. The fourth-order valence-electron chi connectivity index (χ4n) is 3.30. The highest BCUT2D eigenvalue weighted by atomic mass is 127. The highest BCUT2D eigenvalue weighted by Gasteiger charge is 2.23. The number of carbonyl (C=O) groups is 1. The van der Waals surface area contributed by atoms with E-state index in [4.69, 9.17) is 4.74 Å². The zero-order valence-corrected chi connectivity index (χ0v) is 17.0. The Kier molecular flexibility index (Phi) is 5.99. The second-order valence-corrected chi connectivity index (χ2v) is 8.98. The van der Waals surface area contributed by atoms with E-state index < -0.39 is 16.1 Å². The molecule has 0 amide bonds. The Bertz CT molecular complexity index is 900. The summed E-state index contributed by atoms with van der Waals surface area (Å²) in [5.41, 5.74) is 0.688. The lowest BCUT2D eigenvalue weighted by Gasteiger charge is -2.25. The maximum atomic E-state index is 12.4. The Balaban J connectivity index is 1.92. The first kappa shape index (κ1) is 19.3. The first-order valence-corrected chi connectivity index (χ1v) is 10.9. The molecule has 0 aromatic heterocycles. The molecular formula is C19H18IO5S-. The van der Waals surface area contributed by atoms with Crippen LogP contribution in [0.3, 0.4) is 0 Å². The molecule has 5 nitrogen and oxygen atoms in total. The molecule has 1 aliphatic rings. The molecule has 2 aromatic carbocycles. The van der Waals surface area contributed by atoms with Crippen LogP contribution in [0.15, 0.2) is 47.4 Å². The maximum absolute atomic E-state index is 12.4. The average Bonchev–Trinajstić information content (AvgIpc) is 2.63. The molecule has 0 atom stereocenters. The molecule has 3 rings (SSSR count). The summed E-state index contributed by atoms with van der Waals surface area (Å²) in [6.07, 6.45) is 4.71. The van der Waals surface area contributed by atoms with Crippen LogP contribution in [0.25, 0.3) is 0 Å². The maximum Gasteiger partial charge on any atom is 0.343 e. The first-order chi connectivity index (χ1) is 12.3. The Morgan fingerprint density at radius 2 is 1.69 bits per heavy atom. The van der Waals surface area contributed by atoms with Gasteiger partial charge in [0.2, 0.25) is 0 Å². The summed E-state index contributed by atoms with van der Waals surface area (Å²) in [6, 6.07) is 11.1. The molecule has 0 heterocycles. The van der Waals surface area contributed by atoms with Crippen molar-refractivity contribution in [2.45, 2.75) is 42.9 Å². The average molecular weight is 485 g/mol. The van der Waals surface area contributed by atoms with E-state index >= 15 is 0 Å². The Labute approximate surface area is 166 Å². The van der Waals surface area contributed by atoms with Crippen molar-refractivity contribution in [1.82, 2.24) is 0 Å². The molecule has 0 bridgehead atoms. The predicted octanol–water partition coefficient (Wildman–Crippen LogP) is 4.46. The van der Waals surface area contributed by atoms with Crippen LogP contribution in [0.5, 0.6) is 5.75 Å². The third-order valence-electron chi connectivity index (χ3n) is 4.58. The van der Waals surface area contributed by atoms with Crippen LogP contribution in [0.2, 0.25) is 0 Å². The predicted molar refractivity (Wildman–Crippen MR) is 104 cm³/mol. The van der Waals surface area contributed by atoms with Gasteiger partial charge in [0, 0.05) is 3.57 Å². The minimum Gasteiger partial charge on any atom is -0.744 e. The van der Waals surface area contributed by atoms with Crippen molar-refractivity contribution >= 4 is 38.7 Å². The molecule has 0 N–H and O–H groups in total. The van der Waals surface area contributed by atoms with Crippen molar-refractivity contribution in [2.75, 3.05) is 0 Å². The van der Waals surface area contributed by atoms with Crippen molar-refractivity contribution in [2.24, 2.45) is 0 Å². The zero-order valence-electron chi connectivity index (χ0n) is 14.0. The van der Waals surface area contributed by atoms with E-state index in [1.54, 1.807) is 12.1 Å². The summed E-state index contributed by atoms with van der Waals surface area (Å²) in [5.74, 6) is -0.179. The number of benzene rings is 2. The number of ether oxygens (including phenoxy) is 1. The lowest BCUT2D eigenvalue weighted by molar-refractivity contribution is 0.0734. The van der Waals surface area contributed by atoms with E-state index in [0.717, 1.165) is 35.7 Å². The molecule has 0 unspecified atom stereocenters. The van der Waals surface area contributed by atoms with Crippen molar-refractivity contribution in [3.8, 4) is 5.75 Å². The van der Waals surface area contributed by atoms with Crippen LogP contribution in [0, 0.1) is 3.57 Å². The lowest BCUT2D eigenvalue weighted by Crippen LogP contribution is -2.14. The number of rotatable bonds is 4. The number of carbonyl (C=O) groups excluding carboxylic acids is 1. The van der Waals surface area contributed by atoms with E-state index in [-0.39, 0.29) is 16.4 Å². The lowest BCUT2D eigenvalue weighted by atomic mass is 9.83. The van der Waals surface area contributed by atoms with Crippen LogP contribution in [0.1, 0.15) is 53.9 Å². The van der Waals surface area contributed by atoms with Crippen molar-refractivity contribution in [3.05, 3.63) is 57.2 Å². The number of halogens is 1. The van der Waals surface area contributed by atoms with Gasteiger partial charge >= 0.3 is 5.97 Å². The highest BCUT2D eigenvalue weighted by molar-refractivity contribution is 14.1. The summed E-state index contributed by atoms with van der Waals surface area (Å²) in [7, 11) is -4.59. The molecule has 0 spiro atoms. The molecule has 138 valence electrons. The van der Waals surface area contributed by atoms with Gasteiger partial charge in [-0.15, -0.1) is 0 Å². The van der Waals surface area contributed by atoms with E-state index in [9.17, 15) is 17.8 Å². The number of hydrogen-bond donors (Lipinski definition) is 0. The van der Waals surface area contributed by atoms with E-state index in [0.29, 0.717) is 11.3 Å². The summed E-state index contributed by atoms with van der Waals surface area (Å²) in [4.78, 5) is 12.2. The minimum atomic E-state index is -4.59. The van der Waals surface area contributed by atoms with Crippen molar-refractivity contribution < 1.29 is 22.5 Å². The monoisotopic (exact) mass is 485 g/mol. The molecule has 1 fully saturated rings. The summed E-state index contributed by atoms with van der Waals surface area (Å²) in [6.45, 7) is 0. The van der Waals surface area contributed by atoms with Crippen molar-refractivity contribution in [1.29, 1.82) is 0 Å². The largest absolute Gasteiger partial charge is 0.744 e. The van der Waals surface area contributed by atoms with Gasteiger partial charge in [0.25, 0.3) is 0 Å². The molecular weight excluding hydrogens is 467 g/mol. The van der Waals surface area contributed by atoms with Gasteiger partial charge < -0.3 is 9.29 Å². The zero-order chi connectivity index (χ0) is 18.7. The molecule has 1 saturated carbocycles. The van der Waals surface area contributed by atoms with Gasteiger partial charge in [0.15, 0.2) is 0 Å². The standard InChI is InChI=1S/C19H19IO5S/c20-15-7-9-16(10-8-15)25-19(21)14-6-11-18(26(22,23)24)17(12-14)13-4-2-1-3-5-13/h6-13H,1-5H2,(H,22,23,24)/p-1. The van der Waals surface area contributed by atoms with Crippen LogP contribution in [-0.4, -0.2) is 18.9 Å². The van der Waals surface area contributed by atoms with Gasteiger partial charge in [0.05, 0.1) is 10.5 Å². The highest BCUT2D eigenvalue weighted by Crippen LogP contribution is 2.36. The Morgan fingerprint density at radius 1 is 1.04 bits per heavy atom. The topological polar surface area (TPSA) is 83.5 Å². The van der Waals surface area contributed by atoms with E-state index in [2.05, 4.69) is 22.6 Å². The summed E-state index contributed by atoms with van der Waals surface area (Å²) < 4.78 is 41.3. The van der Waals surface area contributed by atoms with Gasteiger partial charge in [-0.1, -0.05) is 19.3 Å². The minimum absolute atomic E-state index is 0.0199. The van der Waals surface area contributed by atoms with E-state index in [1.807, 2.05) is 12.1 Å². The van der Waals surface area contributed by atoms with Crippen LogP contribution in [-0.2, 0) is 10.1 Å². The van der Waals surface area contributed by atoms with Gasteiger partial charge in [-0.2, -0.15) is 0 Å². The molecule has 0 saturated heterocycles. The fourth-order valence-corrected chi connectivity index (χ4v) is 4.41. The summed E-state index contributed by atoms with van der Waals surface area (Å²) >= 11 is 2.15. The van der Waals surface area contributed by atoms with Crippen LogP contribution >= 0.6 is 22.6 Å². The smallest absolute Gasteiger partial charge is 0.343 e. The molecule has 26 heavy (non-hydrogen) atoms. The van der Waals surface area contributed by atoms with Gasteiger partial charge in [0.1, 0.15) is 15.9 Å². The van der Waals surface area contributed by atoms with E-state index in [1.165, 1.54) is 18.2 Å². The summed E-state index contributed by atoms with van der Waals surface area (Å²) in [5, 5.41) is 0. The van der Waals surface area contributed by atoms with Crippen LogP contribution < -0.4 is 4.74 Å². The Morgan fingerprint density at radius 3 is 2.31 bits per heavy atom. The Hall–Kier alpha value is -1.45. The first-order valence-electron chi connectivity index (χ1n) is 8.42. The fraction of sp³-hybridized carbons (Fsp3) is 0.316. The molecule has 2 aromatic rings. The second-order valence-electron chi connectivity index (χ2n) is 6.39. The second kappa shape index (κ2) is 8.06. The van der Waals surface area contributed by atoms with Gasteiger partial charge in [-0.3, -0.25) is 0 Å². The van der Waals surface area contributed by atoms with Gasteiger partial charge in [-0.05, 0) is 89.4 Å². The molecule has 0 radical (unpaired) electrons. The number of hydrogen-bond acceptors (Lipinski definition) is 5. The van der Waals surface area contributed by atoms with Crippen LogP contribution in [0.4, 0.5) is 0 Å². The number of esters is 1. The SMILES string of the molecule is O=C(Oc1ccc(I)cc1)c1ccc(S(=O)(=O)[O-])c(C2CCCCC2)c1. The normalized spacial score (nSPS) is 15.6.